The van der Waals surface area contributed by atoms with E-state index in [2.05, 4.69) is 4.72 Å². The molecule has 3 N–H and O–H groups in total. The molecule has 0 aromatic heterocycles. The summed E-state index contributed by atoms with van der Waals surface area (Å²) >= 11 is 0. The first kappa shape index (κ1) is 11.8. The SMILES string of the molecule is CC(C)CS(=O)(=O)Nc1cccc(N)c1. The zero-order valence-corrected chi connectivity index (χ0v) is 9.71. The smallest absolute Gasteiger partial charge is 0.232 e. The number of hydrogen-bond donors (Lipinski definition) is 2. The first-order valence-corrected chi connectivity index (χ1v) is 6.40. The molecule has 0 saturated heterocycles. The van der Waals surface area contributed by atoms with Gasteiger partial charge in [0.15, 0.2) is 0 Å². The highest BCUT2D eigenvalue weighted by Crippen LogP contribution is 2.14. The Kier molecular flexibility index (Phi) is 3.57. The van der Waals surface area contributed by atoms with Crippen molar-refractivity contribution in [3.8, 4) is 0 Å². The van der Waals surface area contributed by atoms with Crippen LogP contribution in [-0.4, -0.2) is 14.2 Å². The number of anilines is 2. The molecule has 0 fully saturated rings. The topological polar surface area (TPSA) is 72.2 Å². The van der Waals surface area contributed by atoms with Gasteiger partial charge in [0.25, 0.3) is 0 Å². The van der Waals surface area contributed by atoms with Gasteiger partial charge in [0.2, 0.25) is 10.0 Å². The second-order valence-corrected chi connectivity index (χ2v) is 5.67. The first-order chi connectivity index (χ1) is 6.89. The maximum absolute atomic E-state index is 11.6. The Morgan fingerprint density at radius 2 is 2.07 bits per heavy atom. The number of nitrogens with two attached hydrogens (primary N) is 1. The predicted molar refractivity (Wildman–Crippen MR) is 63.1 cm³/mol. The molecule has 1 rings (SSSR count). The highest BCUT2D eigenvalue weighted by atomic mass is 32.2. The van der Waals surface area contributed by atoms with Gasteiger partial charge in [-0.15, -0.1) is 0 Å². The van der Waals surface area contributed by atoms with Gasteiger partial charge in [0.05, 0.1) is 11.4 Å². The monoisotopic (exact) mass is 228 g/mol. The predicted octanol–water partition coefficient (Wildman–Crippen LogP) is 1.67. The van der Waals surface area contributed by atoms with Crippen molar-refractivity contribution < 1.29 is 8.42 Å². The number of nitrogen functional groups attached to an aromatic ring is 1. The fraction of sp³-hybridized carbons (Fsp3) is 0.400. The molecule has 1 aromatic carbocycles. The molecule has 0 spiro atoms. The lowest BCUT2D eigenvalue weighted by Crippen LogP contribution is -2.20. The minimum Gasteiger partial charge on any atom is -0.399 e. The van der Waals surface area contributed by atoms with Crippen LogP contribution in [-0.2, 0) is 10.0 Å². The van der Waals surface area contributed by atoms with Gasteiger partial charge >= 0.3 is 0 Å². The largest absolute Gasteiger partial charge is 0.399 e. The van der Waals surface area contributed by atoms with Crippen molar-refractivity contribution in [1.29, 1.82) is 0 Å². The van der Waals surface area contributed by atoms with Gasteiger partial charge in [-0.1, -0.05) is 19.9 Å². The molecule has 0 unspecified atom stereocenters. The second kappa shape index (κ2) is 4.53. The summed E-state index contributed by atoms with van der Waals surface area (Å²) in [5.41, 5.74) is 6.60. The molecule has 0 bridgehead atoms. The molecule has 84 valence electrons. The maximum Gasteiger partial charge on any atom is 0.232 e. The normalized spacial score (nSPS) is 11.7. The summed E-state index contributed by atoms with van der Waals surface area (Å²) in [4.78, 5) is 0. The van der Waals surface area contributed by atoms with Crippen LogP contribution < -0.4 is 10.5 Å². The van der Waals surface area contributed by atoms with E-state index in [0.717, 1.165) is 0 Å². The third kappa shape index (κ3) is 4.20. The first-order valence-electron chi connectivity index (χ1n) is 4.75. The molecular weight excluding hydrogens is 212 g/mol. The maximum atomic E-state index is 11.6. The van der Waals surface area contributed by atoms with Crippen LogP contribution in [0, 0.1) is 5.92 Å². The Labute approximate surface area is 90.5 Å². The van der Waals surface area contributed by atoms with Crippen molar-refractivity contribution in [3.05, 3.63) is 24.3 Å². The van der Waals surface area contributed by atoms with Gasteiger partial charge in [-0.3, -0.25) is 4.72 Å². The molecule has 0 radical (unpaired) electrons. The van der Waals surface area contributed by atoms with Crippen molar-refractivity contribution in [2.45, 2.75) is 13.8 Å². The lowest BCUT2D eigenvalue weighted by molar-refractivity contribution is 0.587. The van der Waals surface area contributed by atoms with E-state index < -0.39 is 10.0 Å². The summed E-state index contributed by atoms with van der Waals surface area (Å²) in [6.45, 7) is 3.72. The average molecular weight is 228 g/mol. The molecule has 0 atom stereocenters. The number of rotatable bonds is 4. The molecule has 0 amide bonds. The molecule has 15 heavy (non-hydrogen) atoms. The molecule has 0 heterocycles. The lowest BCUT2D eigenvalue weighted by atomic mass is 10.3. The summed E-state index contributed by atoms with van der Waals surface area (Å²) in [6.07, 6.45) is 0. The number of nitrogens with one attached hydrogen (secondary N) is 1. The number of benzene rings is 1. The van der Waals surface area contributed by atoms with E-state index in [9.17, 15) is 8.42 Å². The summed E-state index contributed by atoms with van der Waals surface area (Å²) < 4.78 is 25.6. The van der Waals surface area contributed by atoms with Crippen LogP contribution >= 0.6 is 0 Å². The molecule has 5 heteroatoms. The third-order valence-electron chi connectivity index (χ3n) is 1.71. The summed E-state index contributed by atoms with van der Waals surface area (Å²) in [5, 5.41) is 0. The van der Waals surface area contributed by atoms with E-state index in [1.807, 2.05) is 13.8 Å². The Bertz CT molecular complexity index is 427. The van der Waals surface area contributed by atoms with E-state index in [1.165, 1.54) is 0 Å². The van der Waals surface area contributed by atoms with Crippen molar-refractivity contribution in [3.63, 3.8) is 0 Å². The van der Waals surface area contributed by atoms with Crippen LogP contribution in [0.3, 0.4) is 0 Å². The van der Waals surface area contributed by atoms with E-state index in [4.69, 9.17) is 5.73 Å². The van der Waals surface area contributed by atoms with Crippen LogP contribution in [0.25, 0.3) is 0 Å². The number of sulfonamides is 1. The van der Waals surface area contributed by atoms with Crippen molar-refractivity contribution in [1.82, 2.24) is 0 Å². The molecule has 1 aromatic rings. The van der Waals surface area contributed by atoms with Crippen LogP contribution in [0.15, 0.2) is 24.3 Å². The minimum atomic E-state index is -3.26. The van der Waals surface area contributed by atoms with Crippen LogP contribution in [0.2, 0.25) is 0 Å². The average Bonchev–Trinajstić information content (AvgIpc) is 1.99. The summed E-state index contributed by atoms with van der Waals surface area (Å²) in [6, 6.07) is 6.69. The van der Waals surface area contributed by atoms with E-state index in [1.54, 1.807) is 24.3 Å². The molecule has 4 nitrogen and oxygen atoms in total. The molecule has 0 aliphatic heterocycles. The van der Waals surface area contributed by atoms with Gasteiger partial charge < -0.3 is 5.73 Å². The fourth-order valence-electron chi connectivity index (χ4n) is 1.26. The van der Waals surface area contributed by atoms with Gasteiger partial charge in [0, 0.05) is 5.69 Å². The Morgan fingerprint density at radius 1 is 1.40 bits per heavy atom. The van der Waals surface area contributed by atoms with Crippen LogP contribution in [0.4, 0.5) is 11.4 Å². The quantitative estimate of drug-likeness (QED) is 0.770. The Morgan fingerprint density at radius 3 is 2.60 bits per heavy atom. The van der Waals surface area contributed by atoms with E-state index >= 15 is 0 Å². The van der Waals surface area contributed by atoms with E-state index in [0.29, 0.717) is 11.4 Å². The minimum absolute atomic E-state index is 0.101. The number of hydrogen-bond acceptors (Lipinski definition) is 3. The zero-order chi connectivity index (χ0) is 11.5. The third-order valence-corrected chi connectivity index (χ3v) is 3.36. The Hall–Kier alpha value is -1.23. The summed E-state index contributed by atoms with van der Waals surface area (Å²) in [5.74, 6) is 0.213. The Balaban J connectivity index is 2.78. The van der Waals surface area contributed by atoms with Crippen molar-refractivity contribution >= 4 is 21.4 Å². The highest BCUT2D eigenvalue weighted by molar-refractivity contribution is 7.92. The van der Waals surface area contributed by atoms with Crippen LogP contribution in [0.5, 0.6) is 0 Å². The molecular formula is C10H16N2O2S. The van der Waals surface area contributed by atoms with Crippen molar-refractivity contribution in [2.75, 3.05) is 16.2 Å². The fourth-order valence-corrected chi connectivity index (χ4v) is 2.71. The van der Waals surface area contributed by atoms with Crippen molar-refractivity contribution in [2.24, 2.45) is 5.92 Å². The van der Waals surface area contributed by atoms with Gasteiger partial charge in [0.1, 0.15) is 0 Å². The molecule has 0 aliphatic carbocycles. The second-order valence-electron chi connectivity index (χ2n) is 3.90. The lowest BCUT2D eigenvalue weighted by Gasteiger charge is -2.09. The van der Waals surface area contributed by atoms with Crippen LogP contribution in [0.1, 0.15) is 13.8 Å². The molecule has 0 aliphatic rings. The zero-order valence-electron chi connectivity index (χ0n) is 8.90. The van der Waals surface area contributed by atoms with E-state index in [-0.39, 0.29) is 11.7 Å². The van der Waals surface area contributed by atoms with Gasteiger partial charge in [-0.05, 0) is 24.1 Å². The molecule has 0 saturated carbocycles. The highest BCUT2D eigenvalue weighted by Gasteiger charge is 2.12. The van der Waals surface area contributed by atoms with Gasteiger partial charge in [-0.2, -0.15) is 0 Å². The standard InChI is InChI=1S/C10H16N2O2S/c1-8(2)7-15(13,14)12-10-5-3-4-9(11)6-10/h3-6,8,12H,7,11H2,1-2H3. The van der Waals surface area contributed by atoms with Gasteiger partial charge in [-0.25, -0.2) is 8.42 Å². The summed E-state index contributed by atoms with van der Waals surface area (Å²) in [7, 11) is -3.26.